The molecule has 0 spiro atoms. The Kier molecular flexibility index (Phi) is 10.9. The lowest BCUT2D eigenvalue weighted by molar-refractivity contribution is -0.164. The van der Waals surface area contributed by atoms with Gasteiger partial charge in [0.2, 0.25) is 11.8 Å². The number of fused-ring (bicyclic) bond motifs is 1. The lowest BCUT2D eigenvalue weighted by Crippen LogP contribution is -2.74. The smallest absolute Gasteiger partial charge is 0.265 e. The number of hydrogen-bond donors (Lipinski definition) is 2. The first-order chi connectivity index (χ1) is 28.6. The summed E-state index contributed by atoms with van der Waals surface area (Å²) in [6.45, 7) is 13.9. The highest BCUT2D eigenvalue weighted by Gasteiger charge is 2.64. The van der Waals surface area contributed by atoms with Gasteiger partial charge in [-0.1, -0.05) is 39.3 Å². The number of imide groups is 2. The molecule has 1 aliphatic carbocycles. The maximum atomic E-state index is 15.4. The number of carbonyl (C=O) groups excluding carboxylic acids is 5. The monoisotopic (exact) mass is 837 g/mol. The third-order valence-electron chi connectivity index (χ3n) is 13.3. The first kappa shape index (κ1) is 41.2. The van der Waals surface area contributed by atoms with Crippen molar-refractivity contribution >= 4 is 52.5 Å². The summed E-state index contributed by atoms with van der Waals surface area (Å²) in [7, 11) is 0. The molecule has 4 aliphatic heterocycles. The van der Waals surface area contributed by atoms with Crippen molar-refractivity contribution < 1.29 is 33.1 Å². The number of nitrogens with one attached hydrogen (secondary N) is 2. The number of piperazine rings is 1. The number of rotatable bonds is 9. The van der Waals surface area contributed by atoms with Gasteiger partial charge in [0.25, 0.3) is 17.7 Å². The van der Waals surface area contributed by atoms with E-state index in [1.807, 2.05) is 29.2 Å². The van der Waals surface area contributed by atoms with Crippen molar-refractivity contribution in [3.63, 3.8) is 0 Å². The van der Waals surface area contributed by atoms with E-state index in [9.17, 15) is 29.2 Å². The summed E-state index contributed by atoms with van der Waals surface area (Å²) in [4.78, 5) is 71.6. The first-order valence-electron chi connectivity index (χ1n) is 20.6. The molecule has 4 fully saturated rings. The summed E-state index contributed by atoms with van der Waals surface area (Å²) in [5.74, 6) is -2.58. The highest BCUT2D eigenvalue weighted by molar-refractivity contribution is 6.31. The van der Waals surface area contributed by atoms with Crippen LogP contribution in [0.25, 0.3) is 0 Å². The fourth-order valence-corrected chi connectivity index (χ4v) is 10.5. The van der Waals surface area contributed by atoms with Crippen LogP contribution in [0, 0.1) is 33.9 Å². The normalized spacial score (nSPS) is 24.1. The SMILES string of the molecule is CC1(C)[C@H](NC(=O)c2ccc(N3CCC(CN4CCN(c5cc(F)c6c(c5)C(=O)N(C5CCC(=O)NC5=O)C6=O)CC4)CC3)cc2)C(C)(C)[C@H]1Oc1ccc(C#N)c(Cl)c1. The van der Waals surface area contributed by atoms with Gasteiger partial charge < -0.3 is 19.9 Å². The Morgan fingerprint density at radius 2 is 1.55 bits per heavy atom. The molecule has 3 aromatic rings. The molecule has 0 radical (unpaired) electrons. The van der Waals surface area contributed by atoms with E-state index in [0.717, 1.165) is 56.2 Å². The number of halogens is 2. The fraction of sp³-hybridized carbons (Fsp3) is 0.467. The predicted octanol–water partition coefficient (Wildman–Crippen LogP) is 5.40. The van der Waals surface area contributed by atoms with Crippen LogP contribution >= 0.6 is 11.6 Å². The lowest BCUT2D eigenvalue weighted by Gasteiger charge is -2.63. The standard InChI is InChI=1S/C45H49ClFN7O6/c1-44(2)42(45(3,4)43(44)60-31-10-7-28(24-48)33(46)23-31)50-38(56)27-5-8-29(9-6-27)52-15-13-26(14-16-52)25-51-17-19-53(20-18-51)30-21-32-37(34(47)22-30)41(59)54(40(32)58)35-11-12-36(55)49-39(35)57/h5-10,21-23,26,35,42-43H,11-20,25H2,1-4H3,(H,50,56)(H,49,55,57)/t35?,42-,43-. The molecule has 5 amide bonds. The van der Waals surface area contributed by atoms with Crippen LogP contribution in [0.15, 0.2) is 54.6 Å². The number of carbonyl (C=O) groups is 5. The van der Waals surface area contributed by atoms with Gasteiger partial charge in [-0.05, 0) is 73.7 Å². The van der Waals surface area contributed by atoms with E-state index in [1.165, 1.54) is 6.07 Å². The molecule has 4 heterocycles. The van der Waals surface area contributed by atoms with Gasteiger partial charge in [-0.2, -0.15) is 5.26 Å². The summed E-state index contributed by atoms with van der Waals surface area (Å²) in [6.07, 6.45) is 1.87. The molecule has 1 atom stereocenters. The van der Waals surface area contributed by atoms with Crippen LogP contribution in [0.4, 0.5) is 15.8 Å². The number of benzene rings is 3. The molecule has 3 saturated heterocycles. The Morgan fingerprint density at radius 1 is 0.883 bits per heavy atom. The second-order valence-electron chi connectivity index (χ2n) is 17.9. The van der Waals surface area contributed by atoms with E-state index in [2.05, 4.69) is 54.2 Å². The highest BCUT2D eigenvalue weighted by Crippen LogP contribution is 2.55. The molecule has 60 heavy (non-hydrogen) atoms. The minimum atomic E-state index is -1.15. The van der Waals surface area contributed by atoms with Crippen molar-refractivity contribution in [2.24, 2.45) is 16.7 Å². The van der Waals surface area contributed by atoms with E-state index in [4.69, 9.17) is 16.3 Å². The van der Waals surface area contributed by atoms with Gasteiger partial charge >= 0.3 is 0 Å². The molecule has 1 unspecified atom stereocenters. The summed E-state index contributed by atoms with van der Waals surface area (Å²) in [5, 5.41) is 15.0. The van der Waals surface area contributed by atoms with Crippen molar-refractivity contribution in [3.05, 3.63) is 87.7 Å². The van der Waals surface area contributed by atoms with Crippen LogP contribution in [0.3, 0.4) is 0 Å². The number of nitriles is 1. The van der Waals surface area contributed by atoms with Crippen molar-refractivity contribution in [1.82, 2.24) is 20.4 Å². The highest BCUT2D eigenvalue weighted by atomic mass is 35.5. The molecule has 3 aromatic carbocycles. The van der Waals surface area contributed by atoms with Crippen molar-refractivity contribution in [2.75, 3.05) is 55.6 Å². The Morgan fingerprint density at radius 3 is 2.18 bits per heavy atom. The van der Waals surface area contributed by atoms with Crippen molar-refractivity contribution in [2.45, 2.75) is 71.6 Å². The zero-order valence-corrected chi connectivity index (χ0v) is 35.0. The van der Waals surface area contributed by atoms with Gasteiger partial charge in [-0.25, -0.2) is 4.39 Å². The van der Waals surface area contributed by atoms with E-state index in [-0.39, 0.29) is 52.9 Å². The first-order valence-corrected chi connectivity index (χ1v) is 21.0. The minimum absolute atomic E-state index is 0.00460. The van der Waals surface area contributed by atoms with E-state index in [1.54, 1.807) is 24.3 Å². The van der Waals surface area contributed by atoms with Crippen molar-refractivity contribution in [3.8, 4) is 11.8 Å². The quantitative estimate of drug-likeness (QED) is 0.268. The Balaban J connectivity index is 0.799. The zero-order valence-electron chi connectivity index (χ0n) is 34.2. The van der Waals surface area contributed by atoms with Crippen LogP contribution in [-0.2, 0) is 9.59 Å². The molecule has 13 nitrogen and oxygen atoms in total. The molecule has 1 saturated carbocycles. The zero-order chi connectivity index (χ0) is 42.7. The van der Waals surface area contributed by atoms with Gasteiger partial charge in [-0.15, -0.1) is 0 Å². The molecule has 2 N–H and O–H groups in total. The number of ether oxygens (including phenoxy) is 1. The average Bonchev–Trinajstić information content (AvgIpc) is 3.48. The summed E-state index contributed by atoms with van der Waals surface area (Å²) in [5.41, 5.74) is 1.48. The Bertz CT molecular complexity index is 2280. The number of hydrogen-bond acceptors (Lipinski definition) is 10. The summed E-state index contributed by atoms with van der Waals surface area (Å²) < 4.78 is 21.8. The van der Waals surface area contributed by atoms with Gasteiger partial charge in [-0.3, -0.25) is 39.1 Å². The van der Waals surface area contributed by atoms with Gasteiger partial charge in [0.15, 0.2) is 0 Å². The predicted molar refractivity (Wildman–Crippen MR) is 223 cm³/mol. The number of amides is 5. The third-order valence-corrected chi connectivity index (χ3v) is 13.6. The number of anilines is 2. The summed E-state index contributed by atoms with van der Waals surface area (Å²) >= 11 is 6.25. The number of piperidine rings is 2. The Hall–Kier alpha value is -5.52. The molecule has 15 heteroatoms. The fourth-order valence-electron chi connectivity index (χ4n) is 10.3. The van der Waals surface area contributed by atoms with E-state index < -0.39 is 35.5 Å². The second kappa shape index (κ2) is 15.8. The average molecular weight is 838 g/mol. The topological polar surface area (TPSA) is 155 Å². The third kappa shape index (κ3) is 7.47. The van der Waals surface area contributed by atoms with Crippen LogP contribution in [0.2, 0.25) is 5.02 Å². The molecular formula is C45H49ClFN7O6. The molecule has 0 aromatic heterocycles. The van der Waals surface area contributed by atoms with Crippen LogP contribution in [-0.4, -0.2) is 103 Å². The van der Waals surface area contributed by atoms with Gasteiger partial charge in [0.05, 0.1) is 21.7 Å². The van der Waals surface area contributed by atoms with Crippen molar-refractivity contribution in [1.29, 1.82) is 5.26 Å². The minimum Gasteiger partial charge on any atom is -0.489 e. The molecule has 0 bridgehead atoms. The van der Waals surface area contributed by atoms with E-state index >= 15 is 4.39 Å². The Labute approximate surface area is 353 Å². The molecule has 5 aliphatic rings. The maximum Gasteiger partial charge on any atom is 0.265 e. The second-order valence-corrected chi connectivity index (χ2v) is 18.3. The maximum absolute atomic E-state index is 15.4. The van der Waals surface area contributed by atoms with E-state index in [0.29, 0.717) is 46.6 Å². The van der Waals surface area contributed by atoms with Crippen LogP contribution < -0.4 is 25.2 Å². The largest absolute Gasteiger partial charge is 0.489 e. The van der Waals surface area contributed by atoms with Crippen LogP contribution in [0.1, 0.15) is 90.0 Å². The van der Waals surface area contributed by atoms with Gasteiger partial charge in [0, 0.05) is 92.1 Å². The van der Waals surface area contributed by atoms with Crippen LogP contribution in [0.5, 0.6) is 5.75 Å². The molecular weight excluding hydrogens is 789 g/mol. The lowest BCUT2D eigenvalue weighted by atomic mass is 9.49. The summed E-state index contributed by atoms with van der Waals surface area (Å²) in [6, 6.07) is 16.5. The molecule has 314 valence electrons. The molecule has 8 rings (SSSR count). The number of nitrogens with zero attached hydrogens (tertiary/aromatic N) is 5. The van der Waals surface area contributed by atoms with Gasteiger partial charge in [0.1, 0.15) is 29.8 Å².